The van der Waals surface area contributed by atoms with Gasteiger partial charge in [0.05, 0.1) is 0 Å². The smallest absolute Gasteiger partial charge is 0.143 e. The molecule has 0 atom stereocenters. The Kier molecular flexibility index (Phi) is 6.08. The van der Waals surface area contributed by atoms with Gasteiger partial charge >= 0.3 is 0 Å². The van der Waals surface area contributed by atoms with Crippen LogP contribution in [-0.2, 0) is 5.41 Å². The number of fused-ring (bicyclic) bond motifs is 10. The monoisotopic (exact) mass is 662 g/mol. The van der Waals surface area contributed by atoms with Gasteiger partial charge in [0.25, 0.3) is 0 Å². The number of furan rings is 1. The summed E-state index contributed by atoms with van der Waals surface area (Å²) >= 11 is 0. The molecule has 11 rings (SSSR count). The minimum Gasteiger partial charge on any atom is -0.455 e. The number of rotatable bonds is 3. The van der Waals surface area contributed by atoms with Gasteiger partial charge in [-0.3, -0.25) is 0 Å². The molecule has 10 aromatic rings. The molecule has 52 heavy (non-hydrogen) atoms. The summed E-state index contributed by atoms with van der Waals surface area (Å²) in [5.74, 6) is 0. The third-order valence-electron chi connectivity index (χ3n) is 11.7. The summed E-state index contributed by atoms with van der Waals surface area (Å²) in [6, 6.07) is 62.4. The van der Waals surface area contributed by atoms with Gasteiger partial charge in [-0.15, -0.1) is 0 Å². The summed E-state index contributed by atoms with van der Waals surface area (Å²) in [5, 5.41) is 9.73. The molecule has 1 heteroatoms. The zero-order chi connectivity index (χ0) is 34.6. The van der Waals surface area contributed by atoms with Crippen LogP contribution in [0.4, 0.5) is 0 Å². The second-order valence-corrected chi connectivity index (χ2v) is 14.8. The molecule has 0 saturated heterocycles. The zero-order valence-electron chi connectivity index (χ0n) is 29.1. The van der Waals surface area contributed by atoms with E-state index in [1.165, 1.54) is 82.6 Å². The van der Waals surface area contributed by atoms with Crippen molar-refractivity contribution in [3.63, 3.8) is 0 Å². The van der Waals surface area contributed by atoms with E-state index >= 15 is 0 Å². The van der Waals surface area contributed by atoms with E-state index in [0.717, 1.165) is 27.3 Å². The topological polar surface area (TPSA) is 13.1 Å². The molecule has 0 spiro atoms. The van der Waals surface area contributed by atoms with Crippen LogP contribution in [0.2, 0.25) is 0 Å². The highest BCUT2D eigenvalue weighted by Crippen LogP contribution is 2.51. The zero-order valence-corrected chi connectivity index (χ0v) is 29.1. The molecule has 0 aliphatic heterocycles. The summed E-state index contributed by atoms with van der Waals surface area (Å²) in [4.78, 5) is 0. The van der Waals surface area contributed by atoms with Gasteiger partial charge in [0.15, 0.2) is 0 Å². The molecule has 0 radical (unpaired) electrons. The van der Waals surface area contributed by atoms with E-state index < -0.39 is 0 Å². The lowest BCUT2D eigenvalue weighted by molar-refractivity contribution is 0.660. The molecule has 0 N–H and O–H groups in total. The highest BCUT2D eigenvalue weighted by molar-refractivity contribution is 6.22. The molecule has 0 bridgehead atoms. The summed E-state index contributed by atoms with van der Waals surface area (Å²) in [6.07, 6.45) is 0. The van der Waals surface area contributed by atoms with E-state index in [2.05, 4.69) is 184 Å². The van der Waals surface area contributed by atoms with E-state index in [1.807, 2.05) is 0 Å². The normalized spacial score (nSPS) is 13.3. The number of benzene rings is 9. The Bertz CT molecular complexity index is 3030. The Hall–Kier alpha value is -6.44. The summed E-state index contributed by atoms with van der Waals surface area (Å²) < 4.78 is 6.52. The van der Waals surface area contributed by atoms with Gasteiger partial charge in [-0.1, -0.05) is 166 Å². The van der Waals surface area contributed by atoms with Crippen LogP contribution in [0.25, 0.3) is 98.8 Å². The van der Waals surface area contributed by atoms with Crippen molar-refractivity contribution in [2.75, 3.05) is 0 Å². The maximum absolute atomic E-state index is 6.52. The lowest BCUT2D eigenvalue weighted by atomic mass is 9.80. The molecular formula is C51H34O. The lowest BCUT2D eigenvalue weighted by Gasteiger charge is -2.23. The van der Waals surface area contributed by atoms with Crippen LogP contribution in [0.1, 0.15) is 25.0 Å². The van der Waals surface area contributed by atoms with Gasteiger partial charge in [0.2, 0.25) is 0 Å². The van der Waals surface area contributed by atoms with Crippen molar-refractivity contribution in [2.45, 2.75) is 19.3 Å². The first-order valence-electron chi connectivity index (χ1n) is 18.2. The summed E-state index contributed by atoms with van der Waals surface area (Å²) in [7, 11) is 0. The summed E-state index contributed by atoms with van der Waals surface area (Å²) in [6.45, 7) is 4.73. The first kappa shape index (κ1) is 29.3. The Balaban J connectivity index is 1.09. The second-order valence-electron chi connectivity index (χ2n) is 14.8. The van der Waals surface area contributed by atoms with Gasteiger partial charge < -0.3 is 4.42 Å². The van der Waals surface area contributed by atoms with Crippen LogP contribution in [0, 0.1) is 0 Å². The van der Waals surface area contributed by atoms with Crippen molar-refractivity contribution < 1.29 is 4.42 Å². The lowest BCUT2D eigenvalue weighted by Crippen LogP contribution is -2.14. The number of hydrogen-bond acceptors (Lipinski definition) is 1. The first-order chi connectivity index (χ1) is 25.6. The molecule has 1 aromatic heterocycles. The molecule has 244 valence electrons. The Morgan fingerprint density at radius 1 is 0.385 bits per heavy atom. The maximum atomic E-state index is 6.52. The highest BCUT2D eigenvalue weighted by atomic mass is 16.3. The Morgan fingerprint density at radius 3 is 1.67 bits per heavy atom. The molecule has 1 aliphatic rings. The van der Waals surface area contributed by atoms with E-state index in [0.29, 0.717) is 0 Å². The second kappa shape index (κ2) is 10.8. The fourth-order valence-corrected chi connectivity index (χ4v) is 9.22. The van der Waals surface area contributed by atoms with Gasteiger partial charge in [0.1, 0.15) is 11.2 Å². The maximum Gasteiger partial charge on any atom is 0.143 e. The molecule has 0 amide bonds. The van der Waals surface area contributed by atoms with Crippen molar-refractivity contribution in [1.82, 2.24) is 0 Å². The van der Waals surface area contributed by atoms with E-state index in [4.69, 9.17) is 4.42 Å². The van der Waals surface area contributed by atoms with E-state index in [9.17, 15) is 0 Å². The van der Waals surface area contributed by atoms with Crippen molar-refractivity contribution in [1.29, 1.82) is 0 Å². The molecule has 0 fully saturated rings. The third kappa shape index (κ3) is 4.05. The van der Waals surface area contributed by atoms with Crippen molar-refractivity contribution in [3.8, 4) is 44.5 Å². The predicted molar refractivity (Wildman–Crippen MR) is 220 cm³/mol. The molecule has 0 unspecified atom stereocenters. The highest BCUT2D eigenvalue weighted by Gasteiger charge is 2.35. The molecule has 9 aromatic carbocycles. The Labute approximate surface area is 302 Å². The largest absolute Gasteiger partial charge is 0.455 e. The minimum atomic E-state index is -0.0594. The first-order valence-corrected chi connectivity index (χ1v) is 18.2. The molecule has 0 saturated carbocycles. The average Bonchev–Trinajstić information content (AvgIpc) is 3.69. The van der Waals surface area contributed by atoms with Crippen LogP contribution in [-0.4, -0.2) is 0 Å². The van der Waals surface area contributed by atoms with Crippen molar-refractivity contribution >= 4 is 54.3 Å². The van der Waals surface area contributed by atoms with Crippen LogP contribution in [0.3, 0.4) is 0 Å². The van der Waals surface area contributed by atoms with Gasteiger partial charge in [-0.05, 0) is 101 Å². The predicted octanol–water partition coefficient (Wildman–Crippen LogP) is 14.4. The van der Waals surface area contributed by atoms with Crippen molar-refractivity contribution in [3.05, 3.63) is 181 Å². The average molecular weight is 663 g/mol. The fourth-order valence-electron chi connectivity index (χ4n) is 9.22. The van der Waals surface area contributed by atoms with Crippen molar-refractivity contribution in [2.24, 2.45) is 0 Å². The fraction of sp³-hybridized carbons (Fsp3) is 0.0588. The minimum absolute atomic E-state index is 0.0594. The van der Waals surface area contributed by atoms with Gasteiger partial charge in [-0.2, -0.15) is 0 Å². The van der Waals surface area contributed by atoms with E-state index in [1.54, 1.807) is 0 Å². The third-order valence-corrected chi connectivity index (χ3v) is 11.7. The van der Waals surface area contributed by atoms with Crippen LogP contribution in [0.15, 0.2) is 174 Å². The standard InChI is InChI=1S/C51H34O/c1-51(2)44-20-10-9-14-37(44)38-28-27-34(30-45(38)51)48-41-17-7-5-15-39(41)47(40-16-6-8-18-42(40)48)33-24-22-32(23-25-33)35-19-11-21-46-49(35)43-29-26-31-12-3-4-13-36(31)50(43)52-46/h3-30H,1-2H3. The quantitative estimate of drug-likeness (QED) is 0.172. The number of hydrogen-bond donors (Lipinski definition) is 0. The van der Waals surface area contributed by atoms with Gasteiger partial charge in [0, 0.05) is 21.6 Å². The Morgan fingerprint density at radius 2 is 0.942 bits per heavy atom. The van der Waals surface area contributed by atoms with Crippen LogP contribution >= 0.6 is 0 Å². The van der Waals surface area contributed by atoms with E-state index in [-0.39, 0.29) is 5.41 Å². The summed E-state index contributed by atoms with van der Waals surface area (Å²) in [5.41, 5.74) is 14.7. The van der Waals surface area contributed by atoms with Gasteiger partial charge in [-0.25, -0.2) is 0 Å². The van der Waals surface area contributed by atoms with Crippen LogP contribution in [0.5, 0.6) is 0 Å². The molecule has 1 nitrogen and oxygen atoms in total. The molecular weight excluding hydrogens is 629 g/mol. The molecule has 1 aliphatic carbocycles. The molecule has 1 heterocycles. The van der Waals surface area contributed by atoms with Crippen LogP contribution < -0.4 is 0 Å². The SMILES string of the molecule is CC1(C)c2ccccc2-c2ccc(-c3c4ccccc4c(-c4ccc(-c5cccc6oc7c8ccccc8ccc7c56)cc4)c4ccccc34)cc21.